The number of amides is 2. The lowest BCUT2D eigenvalue weighted by atomic mass is 9.86. The van der Waals surface area contributed by atoms with Gasteiger partial charge in [-0.3, -0.25) is 14.5 Å². The number of ether oxygens (including phenoxy) is 1. The Bertz CT molecular complexity index is 1810. The summed E-state index contributed by atoms with van der Waals surface area (Å²) in [5, 5.41) is 13.3. The molecule has 4 aromatic rings. The Morgan fingerprint density at radius 1 is 1.05 bits per heavy atom. The van der Waals surface area contributed by atoms with E-state index < -0.39 is 17.4 Å². The predicted octanol–water partition coefficient (Wildman–Crippen LogP) is 6.48. The quantitative estimate of drug-likeness (QED) is 0.302. The van der Waals surface area contributed by atoms with Gasteiger partial charge in [-0.05, 0) is 68.8 Å². The summed E-state index contributed by atoms with van der Waals surface area (Å²) in [5.41, 5.74) is 2.37. The molecule has 0 saturated carbocycles. The molecule has 1 N–H and O–H groups in total. The van der Waals surface area contributed by atoms with Crippen molar-refractivity contribution in [3.63, 3.8) is 0 Å². The fourth-order valence-corrected chi connectivity index (χ4v) is 6.11. The van der Waals surface area contributed by atoms with Gasteiger partial charge in [-0.25, -0.2) is 4.98 Å². The van der Waals surface area contributed by atoms with Crippen molar-refractivity contribution in [2.45, 2.75) is 32.4 Å². The molecule has 10 heteroatoms. The molecule has 8 nitrogen and oxygen atoms in total. The average molecular weight is 572 g/mol. The topological polar surface area (TPSA) is 100 Å². The van der Waals surface area contributed by atoms with Crippen LogP contribution in [0.4, 0.5) is 11.4 Å². The van der Waals surface area contributed by atoms with E-state index in [9.17, 15) is 14.9 Å². The molecule has 1 spiro atoms. The van der Waals surface area contributed by atoms with Crippen LogP contribution in [0.25, 0.3) is 11.4 Å². The first-order chi connectivity index (χ1) is 19.1. The molecule has 3 aromatic carbocycles. The van der Waals surface area contributed by atoms with Crippen LogP contribution in [0.5, 0.6) is 5.75 Å². The first-order valence-corrected chi connectivity index (χ1v) is 13.3. The number of nitrogens with zero attached hydrogens (tertiary/aromatic N) is 4. The average Bonchev–Trinajstić information content (AvgIpc) is 3.53. The van der Waals surface area contributed by atoms with Crippen molar-refractivity contribution >= 4 is 46.4 Å². The van der Waals surface area contributed by atoms with Gasteiger partial charge < -0.3 is 14.6 Å². The smallest absolute Gasteiger partial charge is 0.280 e. The van der Waals surface area contributed by atoms with Crippen molar-refractivity contribution in [2.75, 3.05) is 17.3 Å². The molecule has 1 aromatic heterocycles. The Balaban J connectivity index is 1.73. The number of imidazole rings is 1. The number of hydrogen-bond donors (Lipinski definition) is 1. The van der Waals surface area contributed by atoms with Gasteiger partial charge in [0.1, 0.15) is 11.6 Å². The Labute approximate surface area is 240 Å². The van der Waals surface area contributed by atoms with Crippen LogP contribution in [0.1, 0.15) is 52.8 Å². The second-order valence-corrected chi connectivity index (χ2v) is 10.9. The highest BCUT2D eigenvalue weighted by molar-refractivity contribution is 6.32. The van der Waals surface area contributed by atoms with Crippen LogP contribution in [0, 0.1) is 18.3 Å². The molecular weight excluding hydrogens is 549 g/mol. The third kappa shape index (κ3) is 3.41. The summed E-state index contributed by atoms with van der Waals surface area (Å²) in [4.78, 5) is 35.1. The van der Waals surface area contributed by atoms with E-state index in [1.165, 1.54) is 12.0 Å². The van der Waals surface area contributed by atoms with Crippen LogP contribution in [0.3, 0.4) is 0 Å². The molecule has 0 fully saturated rings. The molecule has 40 heavy (non-hydrogen) atoms. The van der Waals surface area contributed by atoms with E-state index in [1.807, 2.05) is 31.4 Å². The van der Waals surface area contributed by atoms with E-state index in [-0.39, 0.29) is 11.7 Å². The number of benzene rings is 3. The van der Waals surface area contributed by atoms with Gasteiger partial charge >= 0.3 is 0 Å². The number of carbonyl (C=O) groups excluding carboxylic acids is 2. The van der Waals surface area contributed by atoms with E-state index in [0.29, 0.717) is 55.4 Å². The number of carbonyl (C=O) groups is 2. The first kappa shape index (κ1) is 25.9. The van der Waals surface area contributed by atoms with E-state index in [1.54, 1.807) is 48.5 Å². The van der Waals surface area contributed by atoms with Crippen molar-refractivity contribution in [1.29, 1.82) is 5.26 Å². The lowest BCUT2D eigenvalue weighted by Gasteiger charge is -2.36. The number of aromatic nitrogens is 2. The molecule has 3 heterocycles. The largest absolute Gasteiger partial charge is 0.496 e. The molecule has 2 aliphatic rings. The monoisotopic (exact) mass is 571 g/mol. The molecule has 2 amide bonds. The van der Waals surface area contributed by atoms with Crippen molar-refractivity contribution in [3.05, 3.63) is 92.7 Å². The number of methoxy groups -OCH3 is 1. The molecule has 0 bridgehead atoms. The molecule has 0 radical (unpaired) electrons. The summed E-state index contributed by atoms with van der Waals surface area (Å²) < 4.78 is 7.53. The minimum Gasteiger partial charge on any atom is -0.496 e. The third-order valence-electron chi connectivity index (χ3n) is 7.44. The highest BCUT2D eigenvalue weighted by Gasteiger charge is 2.64. The predicted molar refractivity (Wildman–Crippen MR) is 153 cm³/mol. The standard InChI is InChI=1S/C30H23Cl2N5O3/c1-15(2)36-26-25(35-27(36)20-9-6-17(14-33)11-24(20)40-4)28(38)37(23-13-19(32)7-5-16(23)3)30(26)21-10-8-18(31)12-22(21)34-29(30)39/h5-13,15H,1-4H3,(H,34,39). The van der Waals surface area contributed by atoms with Gasteiger partial charge in [0.25, 0.3) is 11.8 Å². The molecule has 1 unspecified atom stereocenters. The van der Waals surface area contributed by atoms with Crippen LogP contribution in [0.2, 0.25) is 10.0 Å². The lowest BCUT2D eigenvalue weighted by molar-refractivity contribution is -0.119. The minimum atomic E-state index is -1.59. The Kier molecular flexibility index (Phi) is 5.91. The zero-order chi connectivity index (χ0) is 28.5. The Morgan fingerprint density at radius 2 is 1.77 bits per heavy atom. The molecule has 6 rings (SSSR count). The SMILES string of the molecule is COc1cc(C#N)ccc1-c1nc2c(n1C(C)C)C1(C(=O)Nc3cc(Cl)ccc31)N(c1cc(Cl)ccc1C)C2=O. The summed E-state index contributed by atoms with van der Waals surface area (Å²) in [6.07, 6.45) is 0. The molecule has 1 atom stereocenters. The van der Waals surface area contributed by atoms with Crippen LogP contribution in [-0.4, -0.2) is 28.5 Å². The number of nitriles is 1. The number of halogens is 2. The zero-order valence-electron chi connectivity index (χ0n) is 22.0. The summed E-state index contributed by atoms with van der Waals surface area (Å²) in [6, 6.07) is 17.3. The molecule has 200 valence electrons. The highest BCUT2D eigenvalue weighted by Crippen LogP contribution is 2.55. The second kappa shape index (κ2) is 9.12. The van der Waals surface area contributed by atoms with Crippen LogP contribution in [0.15, 0.2) is 54.6 Å². The van der Waals surface area contributed by atoms with E-state index in [4.69, 9.17) is 32.9 Å². The van der Waals surface area contributed by atoms with Crippen LogP contribution in [-0.2, 0) is 10.3 Å². The first-order valence-electron chi connectivity index (χ1n) is 12.6. The molecule has 0 aliphatic carbocycles. The van der Waals surface area contributed by atoms with Gasteiger partial charge in [0.05, 0.1) is 35.7 Å². The minimum absolute atomic E-state index is 0.146. The van der Waals surface area contributed by atoms with Crippen molar-refractivity contribution in [2.24, 2.45) is 0 Å². The Morgan fingerprint density at radius 3 is 2.48 bits per heavy atom. The van der Waals surface area contributed by atoms with E-state index in [2.05, 4.69) is 11.4 Å². The lowest BCUT2D eigenvalue weighted by Crippen LogP contribution is -2.51. The molecule has 0 saturated heterocycles. The van der Waals surface area contributed by atoms with Crippen molar-refractivity contribution in [3.8, 4) is 23.2 Å². The fraction of sp³-hybridized carbons (Fsp3) is 0.200. The third-order valence-corrected chi connectivity index (χ3v) is 7.91. The highest BCUT2D eigenvalue weighted by atomic mass is 35.5. The maximum Gasteiger partial charge on any atom is 0.280 e. The van der Waals surface area contributed by atoms with Gasteiger partial charge in [0.2, 0.25) is 0 Å². The van der Waals surface area contributed by atoms with Gasteiger partial charge in [0.15, 0.2) is 11.2 Å². The maximum absolute atomic E-state index is 14.4. The summed E-state index contributed by atoms with van der Waals surface area (Å²) >= 11 is 12.7. The zero-order valence-corrected chi connectivity index (χ0v) is 23.6. The molecule has 2 aliphatic heterocycles. The van der Waals surface area contributed by atoms with E-state index in [0.717, 1.165) is 5.56 Å². The van der Waals surface area contributed by atoms with Gasteiger partial charge in [-0.2, -0.15) is 5.26 Å². The summed E-state index contributed by atoms with van der Waals surface area (Å²) in [7, 11) is 1.51. The van der Waals surface area contributed by atoms with Crippen molar-refractivity contribution < 1.29 is 14.3 Å². The second-order valence-electron chi connectivity index (χ2n) is 10.0. The maximum atomic E-state index is 14.4. The number of anilines is 2. The van der Waals surface area contributed by atoms with Gasteiger partial charge in [-0.1, -0.05) is 35.3 Å². The number of hydrogen-bond acceptors (Lipinski definition) is 5. The number of nitrogens with one attached hydrogen (secondary N) is 1. The van der Waals surface area contributed by atoms with E-state index >= 15 is 0 Å². The number of fused-ring (bicyclic) bond motifs is 4. The van der Waals surface area contributed by atoms with Gasteiger partial charge in [0, 0.05) is 27.3 Å². The molecular formula is C30H23Cl2N5O3. The van der Waals surface area contributed by atoms with Crippen molar-refractivity contribution in [1.82, 2.24) is 9.55 Å². The normalized spacial score (nSPS) is 17.3. The fourth-order valence-electron chi connectivity index (χ4n) is 5.77. The van der Waals surface area contributed by atoms with Crippen LogP contribution >= 0.6 is 23.2 Å². The Hall–Kier alpha value is -4.32. The number of rotatable bonds is 4. The van der Waals surface area contributed by atoms with Gasteiger partial charge in [-0.15, -0.1) is 0 Å². The summed E-state index contributed by atoms with van der Waals surface area (Å²) in [5.74, 6) is 0.0337. The number of aryl methyl sites for hydroxylation is 1. The van der Waals surface area contributed by atoms with Crippen LogP contribution < -0.4 is 15.0 Å². The summed E-state index contributed by atoms with van der Waals surface area (Å²) in [6.45, 7) is 5.79.